The average Bonchev–Trinajstić information content (AvgIpc) is 2.34. The summed E-state index contributed by atoms with van der Waals surface area (Å²) in [6, 6.07) is 0.965. The average molecular weight is 267 g/mol. The van der Waals surface area contributed by atoms with Crippen LogP contribution in [-0.4, -0.2) is 27.5 Å². The van der Waals surface area contributed by atoms with E-state index >= 15 is 0 Å². The lowest BCUT2D eigenvalue weighted by Crippen LogP contribution is -2.09. The maximum Gasteiger partial charge on any atom is 0.364 e. The number of rotatable bonds is 7. The van der Waals surface area contributed by atoms with Crippen molar-refractivity contribution in [2.75, 3.05) is 11.9 Å². The smallest absolute Gasteiger partial charge is 0.364 e. The second kappa shape index (κ2) is 6.67. The number of anilines is 1. The molecular weight excluding hydrogens is 250 g/mol. The van der Waals surface area contributed by atoms with Gasteiger partial charge < -0.3 is 20.5 Å². The van der Waals surface area contributed by atoms with Crippen molar-refractivity contribution in [3.05, 3.63) is 27.9 Å². The van der Waals surface area contributed by atoms with Crippen molar-refractivity contribution in [1.82, 2.24) is 4.98 Å². The largest absolute Gasteiger partial charge is 0.478 e. The van der Waals surface area contributed by atoms with Crippen molar-refractivity contribution in [2.45, 2.75) is 26.7 Å². The van der Waals surface area contributed by atoms with E-state index < -0.39 is 16.7 Å². The molecule has 0 aromatic carbocycles. The third-order valence-corrected chi connectivity index (χ3v) is 2.58. The van der Waals surface area contributed by atoms with E-state index in [2.05, 4.69) is 24.1 Å². The lowest BCUT2D eigenvalue weighted by atomic mass is 10.1. The van der Waals surface area contributed by atoms with Crippen LogP contribution in [0.25, 0.3) is 0 Å². The number of pyridine rings is 1. The first-order valence-electron chi connectivity index (χ1n) is 6.03. The van der Waals surface area contributed by atoms with Crippen LogP contribution in [0.2, 0.25) is 0 Å². The minimum Gasteiger partial charge on any atom is -0.478 e. The maximum absolute atomic E-state index is 11.0. The number of hydrogen-bond acceptors (Lipinski definition) is 5. The molecule has 0 aliphatic heterocycles. The Hall–Kier alpha value is -2.18. The summed E-state index contributed by atoms with van der Waals surface area (Å²) in [6.45, 7) is 4.82. The van der Waals surface area contributed by atoms with Crippen LogP contribution in [0.3, 0.4) is 0 Å². The highest BCUT2D eigenvalue weighted by atomic mass is 16.6. The normalized spacial score (nSPS) is 10.5. The lowest BCUT2D eigenvalue weighted by Gasteiger charge is -2.08. The van der Waals surface area contributed by atoms with Gasteiger partial charge in [0.25, 0.3) is 0 Å². The fourth-order valence-electron chi connectivity index (χ4n) is 1.60. The Morgan fingerprint density at radius 1 is 1.58 bits per heavy atom. The van der Waals surface area contributed by atoms with Crippen LogP contribution in [0.1, 0.15) is 37.0 Å². The number of aromatic nitrogens is 1. The molecule has 7 heteroatoms. The highest BCUT2D eigenvalue weighted by Crippen LogP contribution is 2.19. The molecule has 7 nitrogen and oxygen atoms in total. The summed E-state index contributed by atoms with van der Waals surface area (Å²) in [4.78, 5) is 24.5. The summed E-state index contributed by atoms with van der Waals surface area (Å²) < 4.78 is 0. The van der Waals surface area contributed by atoms with Crippen molar-refractivity contribution in [3.8, 4) is 0 Å². The third-order valence-electron chi connectivity index (χ3n) is 2.58. The maximum atomic E-state index is 11.0. The van der Waals surface area contributed by atoms with E-state index in [4.69, 9.17) is 5.11 Å². The van der Waals surface area contributed by atoms with Gasteiger partial charge in [-0.2, -0.15) is 0 Å². The monoisotopic (exact) mass is 267 g/mol. The van der Waals surface area contributed by atoms with Crippen LogP contribution in [0.5, 0.6) is 0 Å². The van der Waals surface area contributed by atoms with Crippen molar-refractivity contribution in [2.24, 2.45) is 5.92 Å². The van der Waals surface area contributed by atoms with E-state index in [1.807, 2.05) is 0 Å². The Morgan fingerprint density at radius 2 is 2.26 bits per heavy atom. The molecule has 1 aromatic rings. The van der Waals surface area contributed by atoms with Gasteiger partial charge in [-0.25, -0.2) is 4.79 Å². The molecule has 0 bridgehead atoms. The first kappa shape index (κ1) is 14.9. The topological polar surface area (TPSA) is 105 Å². The van der Waals surface area contributed by atoms with Gasteiger partial charge >= 0.3 is 11.8 Å². The molecule has 0 aliphatic rings. The van der Waals surface area contributed by atoms with Crippen LogP contribution in [0, 0.1) is 16.0 Å². The predicted molar refractivity (Wildman–Crippen MR) is 70.4 cm³/mol. The summed E-state index contributed by atoms with van der Waals surface area (Å²) in [7, 11) is 0. The number of carbonyl (C=O) groups is 1. The zero-order valence-electron chi connectivity index (χ0n) is 10.9. The fraction of sp³-hybridized carbons (Fsp3) is 0.500. The molecular formula is C12H17N3O4. The predicted octanol–water partition coefficient (Wildman–Crippen LogP) is 2.54. The number of nitrogens with one attached hydrogen (secondary N) is 1. The molecule has 0 aliphatic carbocycles. The van der Waals surface area contributed by atoms with E-state index in [1.54, 1.807) is 0 Å². The van der Waals surface area contributed by atoms with Gasteiger partial charge in [0.1, 0.15) is 0 Å². The van der Waals surface area contributed by atoms with E-state index in [-0.39, 0.29) is 5.56 Å². The Bertz CT molecular complexity index is 474. The minimum absolute atomic E-state index is 0.133. The first-order chi connectivity index (χ1) is 8.91. The standard InChI is InChI=1S/C12H17N3O4/c1-8(2)4-3-5-13-10-7-14-11(15(18)19)6-9(10)12(16)17/h6-8,13H,3-5H2,1-2H3,(H,16,17). The summed E-state index contributed by atoms with van der Waals surface area (Å²) in [5.74, 6) is -1.10. The van der Waals surface area contributed by atoms with Gasteiger partial charge in [0.15, 0.2) is 6.20 Å². The number of nitro groups is 1. The number of carboxylic acid groups (broad SMARTS) is 1. The molecule has 0 fully saturated rings. The van der Waals surface area contributed by atoms with Gasteiger partial charge in [-0.3, -0.25) is 0 Å². The molecule has 0 saturated carbocycles. The molecule has 1 heterocycles. The number of nitrogens with zero attached hydrogens (tertiary/aromatic N) is 2. The summed E-state index contributed by atoms with van der Waals surface area (Å²) in [6.07, 6.45) is 3.11. The third kappa shape index (κ3) is 4.53. The highest BCUT2D eigenvalue weighted by molar-refractivity contribution is 5.94. The first-order valence-corrected chi connectivity index (χ1v) is 6.03. The quantitative estimate of drug-likeness (QED) is 0.446. The van der Waals surface area contributed by atoms with Crippen molar-refractivity contribution in [3.63, 3.8) is 0 Å². The molecule has 0 saturated heterocycles. The van der Waals surface area contributed by atoms with Gasteiger partial charge in [-0.15, -0.1) is 0 Å². The molecule has 104 valence electrons. The van der Waals surface area contributed by atoms with Crippen LogP contribution in [0.4, 0.5) is 11.5 Å². The van der Waals surface area contributed by atoms with E-state index in [1.165, 1.54) is 6.20 Å². The molecule has 2 N–H and O–H groups in total. The van der Waals surface area contributed by atoms with Crippen LogP contribution in [-0.2, 0) is 0 Å². The fourth-order valence-corrected chi connectivity index (χ4v) is 1.60. The second-order valence-electron chi connectivity index (χ2n) is 4.61. The Kier molecular flexibility index (Phi) is 5.23. The summed E-state index contributed by atoms with van der Waals surface area (Å²) in [5.41, 5.74) is 0.174. The number of aromatic carboxylic acids is 1. The molecule has 0 unspecified atom stereocenters. The Balaban J connectivity index is 2.77. The van der Waals surface area contributed by atoms with Gasteiger partial charge in [0.2, 0.25) is 0 Å². The van der Waals surface area contributed by atoms with Crippen LogP contribution < -0.4 is 5.32 Å². The number of carboxylic acids is 1. The van der Waals surface area contributed by atoms with Crippen molar-refractivity contribution < 1.29 is 14.8 Å². The van der Waals surface area contributed by atoms with E-state index in [9.17, 15) is 14.9 Å². The zero-order chi connectivity index (χ0) is 14.4. The van der Waals surface area contributed by atoms with Gasteiger partial charge in [0.05, 0.1) is 17.3 Å². The highest BCUT2D eigenvalue weighted by Gasteiger charge is 2.17. The van der Waals surface area contributed by atoms with Gasteiger partial charge in [0, 0.05) is 6.54 Å². The molecule has 0 amide bonds. The summed E-state index contributed by atoms with van der Waals surface area (Å²) >= 11 is 0. The zero-order valence-corrected chi connectivity index (χ0v) is 10.9. The molecule has 1 aromatic heterocycles. The van der Waals surface area contributed by atoms with Crippen LogP contribution >= 0.6 is 0 Å². The molecule has 0 spiro atoms. The molecule has 0 radical (unpaired) electrons. The number of hydrogen-bond donors (Lipinski definition) is 2. The minimum atomic E-state index is -1.21. The second-order valence-corrected chi connectivity index (χ2v) is 4.61. The van der Waals surface area contributed by atoms with E-state index in [0.717, 1.165) is 18.9 Å². The van der Waals surface area contributed by atoms with Crippen LogP contribution in [0.15, 0.2) is 12.3 Å². The van der Waals surface area contributed by atoms with Crippen molar-refractivity contribution in [1.29, 1.82) is 0 Å². The van der Waals surface area contributed by atoms with Gasteiger partial charge in [-0.1, -0.05) is 13.8 Å². The Morgan fingerprint density at radius 3 is 2.79 bits per heavy atom. The molecule has 1 rings (SSSR count). The molecule has 19 heavy (non-hydrogen) atoms. The molecule has 0 atom stereocenters. The summed E-state index contributed by atoms with van der Waals surface area (Å²) in [5, 5.41) is 22.5. The lowest BCUT2D eigenvalue weighted by molar-refractivity contribution is -0.389. The van der Waals surface area contributed by atoms with E-state index in [0.29, 0.717) is 18.2 Å². The van der Waals surface area contributed by atoms with Gasteiger partial charge in [-0.05, 0) is 28.7 Å². The van der Waals surface area contributed by atoms with Crippen molar-refractivity contribution >= 4 is 17.5 Å². The Labute approximate surface area is 110 Å². The SMILES string of the molecule is CC(C)CCCNc1cnc([N+](=O)[O-])cc1C(=O)O.